The molecule has 0 spiro atoms. The van der Waals surface area contributed by atoms with E-state index in [2.05, 4.69) is 15.5 Å². The lowest BCUT2D eigenvalue weighted by Gasteiger charge is -2.25. The first-order chi connectivity index (χ1) is 6.41. The number of hydrogen-bond donors (Lipinski definition) is 2. The van der Waals surface area contributed by atoms with E-state index in [0.717, 1.165) is 0 Å². The summed E-state index contributed by atoms with van der Waals surface area (Å²) in [5.41, 5.74) is 0.694. The van der Waals surface area contributed by atoms with Gasteiger partial charge < -0.3 is 5.32 Å². The molecular weight excluding hydrogens is 178 g/mol. The molecule has 1 atom stereocenters. The van der Waals surface area contributed by atoms with Gasteiger partial charge in [-0.3, -0.25) is 9.89 Å². The topological polar surface area (TPSA) is 57.8 Å². The number of aromatic nitrogens is 2. The van der Waals surface area contributed by atoms with E-state index in [4.69, 9.17) is 0 Å². The van der Waals surface area contributed by atoms with E-state index < -0.39 is 0 Å². The number of hydrogen-bond acceptors (Lipinski definition) is 2. The van der Waals surface area contributed by atoms with Crippen molar-refractivity contribution in [2.75, 3.05) is 5.32 Å². The molecule has 1 unspecified atom stereocenters. The van der Waals surface area contributed by atoms with Gasteiger partial charge in [0.15, 0.2) is 0 Å². The smallest absolute Gasteiger partial charge is 0.227 e. The van der Waals surface area contributed by atoms with Gasteiger partial charge in [-0.15, -0.1) is 0 Å². The highest BCUT2D eigenvalue weighted by molar-refractivity contribution is 5.92. The number of aromatic amines is 1. The fourth-order valence-electron chi connectivity index (χ4n) is 0.963. The molecule has 1 aromatic heterocycles. The van der Waals surface area contributed by atoms with E-state index in [9.17, 15) is 4.79 Å². The van der Waals surface area contributed by atoms with Crippen LogP contribution in [0.5, 0.6) is 0 Å². The number of anilines is 1. The van der Waals surface area contributed by atoms with Gasteiger partial charge in [0.05, 0.1) is 11.9 Å². The van der Waals surface area contributed by atoms with Crippen LogP contribution in [0.2, 0.25) is 0 Å². The summed E-state index contributed by atoms with van der Waals surface area (Å²) in [6.45, 7) is 8.07. The van der Waals surface area contributed by atoms with Crippen LogP contribution in [0.3, 0.4) is 0 Å². The van der Waals surface area contributed by atoms with Crippen molar-refractivity contribution >= 4 is 11.6 Å². The molecule has 0 radical (unpaired) electrons. The van der Waals surface area contributed by atoms with Crippen LogP contribution in [-0.2, 0) is 4.79 Å². The Morgan fingerprint density at radius 1 is 1.57 bits per heavy atom. The average Bonchev–Trinajstić information content (AvgIpc) is 2.53. The zero-order chi connectivity index (χ0) is 10.8. The van der Waals surface area contributed by atoms with Gasteiger partial charge in [0, 0.05) is 12.1 Å². The normalized spacial score (nSPS) is 13.7. The minimum atomic E-state index is -0.0302. The summed E-state index contributed by atoms with van der Waals surface area (Å²) in [7, 11) is 0. The highest BCUT2D eigenvalue weighted by atomic mass is 16.1. The number of carbonyl (C=O) groups excluding carboxylic acids is 1. The number of H-pyrrole nitrogens is 1. The van der Waals surface area contributed by atoms with Crippen LogP contribution >= 0.6 is 0 Å². The molecule has 4 nitrogen and oxygen atoms in total. The lowest BCUT2D eigenvalue weighted by molar-refractivity contribution is -0.122. The van der Waals surface area contributed by atoms with Gasteiger partial charge in [-0.05, 0) is 5.41 Å². The Morgan fingerprint density at radius 2 is 2.21 bits per heavy atom. The van der Waals surface area contributed by atoms with E-state index in [1.165, 1.54) is 0 Å². The molecule has 1 rings (SSSR count). The summed E-state index contributed by atoms with van der Waals surface area (Å²) in [6, 6.07) is 0. The second-order valence-electron chi connectivity index (χ2n) is 4.56. The Balaban J connectivity index is 2.59. The molecule has 0 fully saturated rings. The molecule has 2 N–H and O–H groups in total. The number of nitrogens with one attached hydrogen (secondary N) is 2. The molecule has 0 saturated heterocycles. The summed E-state index contributed by atoms with van der Waals surface area (Å²) in [5.74, 6) is -0.00343. The molecule has 4 heteroatoms. The van der Waals surface area contributed by atoms with Gasteiger partial charge in [0.1, 0.15) is 0 Å². The van der Waals surface area contributed by atoms with E-state index in [1.807, 2.05) is 27.7 Å². The molecular formula is C10H17N3O. The Morgan fingerprint density at radius 3 is 2.64 bits per heavy atom. The van der Waals surface area contributed by atoms with Crippen LogP contribution < -0.4 is 5.32 Å². The van der Waals surface area contributed by atoms with Crippen LogP contribution in [0.25, 0.3) is 0 Å². The van der Waals surface area contributed by atoms with Crippen LogP contribution in [0.1, 0.15) is 27.7 Å². The van der Waals surface area contributed by atoms with Crippen molar-refractivity contribution in [3.63, 3.8) is 0 Å². The average molecular weight is 195 g/mol. The summed E-state index contributed by atoms with van der Waals surface area (Å²) in [5, 5.41) is 9.20. The molecule has 0 saturated carbocycles. The second-order valence-corrected chi connectivity index (χ2v) is 4.56. The molecule has 0 aliphatic heterocycles. The number of carbonyl (C=O) groups is 1. The summed E-state index contributed by atoms with van der Waals surface area (Å²) in [4.78, 5) is 11.7. The number of nitrogens with zero attached hydrogens (tertiary/aromatic N) is 1. The van der Waals surface area contributed by atoms with Crippen molar-refractivity contribution in [2.45, 2.75) is 27.7 Å². The third-order valence-electron chi connectivity index (χ3n) is 2.46. The van der Waals surface area contributed by atoms with E-state index in [1.54, 1.807) is 12.4 Å². The largest absolute Gasteiger partial charge is 0.323 e. The molecule has 1 aromatic rings. The van der Waals surface area contributed by atoms with Gasteiger partial charge >= 0.3 is 0 Å². The summed E-state index contributed by atoms with van der Waals surface area (Å²) in [6.07, 6.45) is 3.25. The Bertz CT molecular complexity index is 298. The minimum Gasteiger partial charge on any atom is -0.323 e. The molecule has 0 bridgehead atoms. The highest BCUT2D eigenvalue weighted by Gasteiger charge is 2.26. The monoisotopic (exact) mass is 195 g/mol. The maximum atomic E-state index is 11.7. The third kappa shape index (κ3) is 2.58. The molecule has 1 amide bonds. The van der Waals surface area contributed by atoms with Crippen LogP contribution in [-0.4, -0.2) is 16.1 Å². The highest BCUT2D eigenvalue weighted by Crippen LogP contribution is 2.26. The molecule has 0 aliphatic rings. The van der Waals surface area contributed by atoms with Crippen LogP contribution in [0, 0.1) is 11.3 Å². The number of amides is 1. The standard InChI is InChI=1S/C10H17N3O/c1-7(10(2,3)4)9(14)13-8-5-11-12-6-8/h5-7H,1-4H3,(H,11,12)(H,13,14). The van der Waals surface area contributed by atoms with Crippen LogP contribution in [0.4, 0.5) is 5.69 Å². The quantitative estimate of drug-likeness (QED) is 0.758. The second kappa shape index (κ2) is 3.82. The van der Waals surface area contributed by atoms with Gasteiger partial charge in [-0.1, -0.05) is 27.7 Å². The number of rotatable bonds is 2. The van der Waals surface area contributed by atoms with E-state index >= 15 is 0 Å². The Labute approximate surface area is 84.1 Å². The summed E-state index contributed by atoms with van der Waals surface area (Å²) < 4.78 is 0. The summed E-state index contributed by atoms with van der Waals surface area (Å²) >= 11 is 0. The molecule has 1 heterocycles. The van der Waals surface area contributed by atoms with Crippen molar-refractivity contribution < 1.29 is 4.79 Å². The molecule has 78 valence electrons. The maximum Gasteiger partial charge on any atom is 0.227 e. The molecule has 14 heavy (non-hydrogen) atoms. The first kappa shape index (κ1) is 10.8. The van der Waals surface area contributed by atoms with Crippen molar-refractivity contribution in [1.82, 2.24) is 10.2 Å². The van der Waals surface area contributed by atoms with E-state index in [0.29, 0.717) is 5.69 Å². The zero-order valence-electron chi connectivity index (χ0n) is 9.09. The van der Waals surface area contributed by atoms with Gasteiger partial charge in [0.2, 0.25) is 5.91 Å². The molecule has 0 aliphatic carbocycles. The minimum absolute atomic E-state index is 0.0200. The SMILES string of the molecule is CC(C(=O)Nc1cn[nH]c1)C(C)(C)C. The fourth-order valence-corrected chi connectivity index (χ4v) is 0.963. The lowest BCUT2D eigenvalue weighted by Crippen LogP contribution is -2.30. The van der Waals surface area contributed by atoms with E-state index in [-0.39, 0.29) is 17.2 Å². The van der Waals surface area contributed by atoms with Gasteiger partial charge in [-0.25, -0.2) is 0 Å². The van der Waals surface area contributed by atoms with Crippen molar-refractivity contribution in [1.29, 1.82) is 0 Å². The molecule has 0 aromatic carbocycles. The first-order valence-electron chi connectivity index (χ1n) is 4.71. The first-order valence-corrected chi connectivity index (χ1v) is 4.71. The van der Waals surface area contributed by atoms with Crippen molar-refractivity contribution in [2.24, 2.45) is 11.3 Å². The lowest BCUT2D eigenvalue weighted by atomic mass is 9.81. The van der Waals surface area contributed by atoms with Crippen LogP contribution in [0.15, 0.2) is 12.4 Å². The predicted molar refractivity (Wildman–Crippen MR) is 55.8 cm³/mol. The Kier molecular flexibility index (Phi) is 2.93. The van der Waals surface area contributed by atoms with Gasteiger partial charge in [-0.2, -0.15) is 5.10 Å². The Hall–Kier alpha value is -1.32. The zero-order valence-corrected chi connectivity index (χ0v) is 9.09. The van der Waals surface area contributed by atoms with Gasteiger partial charge in [0.25, 0.3) is 0 Å². The van der Waals surface area contributed by atoms with Crippen molar-refractivity contribution in [3.8, 4) is 0 Å². The predicted octanol–water partition coefficient (Wildman–Crippen LogP) is 2.03. The third-order valence-corrected chi connectivity index (χ3v) is 2.46. The maximum absolute atomic E-state index is 11.7. The fraction of sp³-hybridized carbons (Fsp3) is 0.600. The van der Waals surface area contributed by atoms with Crippen molar-refractivity contribution in [3.05, 3.63) is 12.4 Å².